The fraction of sp³-hybridized carbons (Fsp3) is 0.105. The number of anilines is 2. The Morgan fingerprint density at radius 2 is 1.05 bits per heavy atom. The van der Waals surface area contributed by atoms with E-state index in [0.717, 1.165) is 5.69 Å². The van der Waals surface area contributed by atoms with Gasteiger partial charge < -0.3 is 19.9 Å². The second-order valence-corrected chi connectivity index (χ2v) is 14.9. The maximum Gasteiger partial charge on any atom is 0.296 e. The Morgan fingerprint density at radius 1 is 0.536 bits per heavy atom. The predicted octanol–water partition coefficient (Wildman–Crippen LogP) is 10.7. The number of aromatic hydroxyl groups is 1. The standard InChI is InChI=1S/C38H33N7O9S2/c1-22-16-31(33(53-3)20-29(22)41-40-28-12-8-9-13-35(28)55(47,48)49)43-42-30-21-34(54-4)32(17-23(30)2)44-45-37-36(56(50,51)52)19-24-18-26(14-15-27(24)38(37)46)39-25-10-6-5-7-11-25/h5-21,39,46H,1-4H3,(H,47,48,49)(H,50,51,52). The van der Waals surface area contributed by atoms with Crippen molar-refractivity contribution in [1.29, 1.82) is 0 Å². The summed E-state index contributed by atoms with van der Waals surface area (Å²) in [4.78, 5) is -1.04. The molecule has 0 amide bonds. The van der Waals surface area contributed by atoms with Crippen molar-refractivity contribution in [1.82, 2.24) is 0 Å². The molecule has 0 aliphatic heterocycles. The fourth-order valence-electron chi connectivity index (χ4n) is 5.51. The van der Waals surface area contributed by atoms with Crippen LogP contribution in [0.2, 0.25) is 0 Å². The van der Waals surface area contributed by atoms with Gasteiger partial charge >= 0.3 is 0 Å². The number of benzene rings is 6. The van der Waals surface area contributed by atoms with Gasteiger partial charge in [-0.05, 0) is 91.0 Å². The maximum absolute atomic E-state index is 12.5. The number of azo groups is 3. The molecule has 6 rings (SSSR count). The van der Waals surface area contributed by atoms with Gasteiger partial charge in [0.05, 0.1) is 25.6 Å². The van der Waals surface area contributed by atoms with E-state index in [1.807, 2.05) is 30.3 Å². The van der Waals surface area contributed by atoms with Crippen LogP contribution in [0.5, 0.6) is 17.2 Å². The highest BCUT2D eigenvalue weighted by atomic mass is 32.2. The third-order valence-corrected chi connectivity index (χ3v) is 10.1. The van der Waals surface area contributed by atoms with Gasteiger partial charge in [0.15, 0.2) is 5.75 Å². The lowest BCUT2D eigenvalue weighted by Crippen LogP contribution is -1.99. The molecule has 0 radical (unpaired) electrons. The lowest BCUT2D eigenvalue weighted by atomic mass is 10.1. The minimum atomic E-state index is -4.87. The SMILES string of the molecule is COc1cc(N=Nc2ccccc2S(=O)(=O)O)c(C)cc1N=Nc1cc(OC)c(N=Nc2c(S(=O)(=O)O)cc3cc(Nc4ccccc4)ccc3c2O)cc1C. The Hall–Kier alpha value is -6.60. The molecule has 6 aromatic carbocycles. The monoisotopic (exact) mass is 795 g/mol. The number of aryl methyl sites for hydroxylation is 2. The van der Waals surface area contributed by atoms with Crippen LogP contribution in [0.25, 0.3) is 10.8 Å². The van der Waals surface area contributed by atoms with Crippen LogP contribution in [0.1, 0.15) is 11.1 Å². The average molecular weight is 796 g/mol. The van der Waals surface area contributed by atoms with Gasteiger partial charge in [0.25, 0.3) is 20.2 Å². The zero-order chi connectivity index (χ0) is 40.2. The fourth-order valence-corrected chi connectivity index (χ4v) is 6.79. The number of nitrogens with one attached hydrogen (secondary N) is 1. The summed E-state index contributed by atoms with van der Waals surface area (Å²) in [5.41, 5.74) is 3.26. The molecule has 0 saturated heterocycles. The first-order valence-electron chi connectivity index (χ1n) is 16.4. The first-order valence-corrected chi connectivity index (χ1v) is 19.3. The molecule has 0 atom stereocenters. The van der Waals surface area contributed by atoms with E-state index in [2.05, 4.69) is 36.0 Å². The first kappa shape index (κ1) is 39.1. The summed E-state index contributed by atoms with van der Waals surface area (Å²) < 4.78 is 79.1. The summed E-state index contributed by atoms with van der Waals surface area (Å²) in [5, 5.41) is 40.1. The molecular weight excluding hydrogens is 763 g/mol. The van der Waals surface area contributed by atoms with Crippen molar-refractivity contribution >= 4 is 76.5 Å². The van der Waals surface area contributed by atoms with Crippen molar-refractivity contribution in [2.24, 2.45) is 30.7 Å². The van der Waals surface area contributed by atoms with Crippen molar-refractivity contribution in [3.05, 3.63) is 114 Å². The highest BCUT2D eigenvalue weighted by Crippen LogP contribution is 2.44. The number of phenols is 1. The molecule has 0 unspecified atom stereocenters. The third kappa shape index (κ3) is 8.68. The van der Waals surface area contributed by atoms with Crippen LogP contribution in [0.15, 0.2) is 144 Å². The van der Waals surface area contributed by atoms with Gasteiger partial charge in [-0.25, -0.2) is 0 Å². The van der Waals surface area contributed by atoms with Crippen LogP contribution in [0.3, 0.4) is 0 Å². The van der Waals surface area contributed by atoms with E-state index in [1.165, 1.54) is 44.6 Å². The van der Waals surface area contributed by atoms with Crippen LogP contribution >= 0.6 is 0 Å². The first-order chi connectivity index (χ1) is 26.7. The second-order valence-electron chi connectivity index (χ2n) is 12.1. The molecule has 18 heteroatoms. The summed E-state index contributed by atoms with van der Waals surface area (Å²) in [6.45, 7) is 3.46. The zero-order valence-electron chi connectivity index (χ0n) is 30.1. The molecule has 0 fully saturated rings. The van der Waals surface area contributed by atoms with Crippen LogP contribution in [-0.2, 0) is 20.2 Å². The third-order valence-electron chi connectivity index (χ3n) is 8.32. The average Bonchev–Trinajstić information content (AvgIpc) is 3.16. The molecule has 0 heterocycles. The Kier molecular flexibility index (Phi) is 11.2. The lowest BCUT2D eigenvalue weighted by Gasteiger charge is -2.12. The Balaban J connectivity index is 1.29. The molecule has 0 aromatic heterocycles. The molecule has 286 valence electrons. The smallest absolute Gasteiger partial charge is 0.296 e. The minimum absolute atomic E-state index is 0.0523. The minimum Gasteiger partial charge on any atom is -0.505 e. The highest BCUT2D eigenvalue weighted by molar-refractivity contribution is 7.86. The number of nitrogens with zero attached hydrogens (tertiary/aromatic N) is 6. The summed E-state index contributed by atoms with van der Waals surface area (Å²) in [5.74, 6) is -0.0477. The molecule has 16 nitrogen and oxygen atoms in total. The Bertz CT molecular complexity index is 2800. The molecule has 56 heavy (non-hydrogen) atoms. The molecule has 0 aliphatic carbocycles. The number of para-hydroxylation sites is 1. The normalized spacial score (nSPS) is 12.2. The van der Waals surface area contributed by atoms with Crippen LogP contribution in [0.4, 0.5) is 45.5 Å². The number of ether oxygens (including phenoxy) is 2. The summed E-state index contributed by atoms with van der Waals surface area (Å²) in [6.07, 6.45) is 0. The number of methoxy groups -OCH3 is 2. The van der Waals surface area contributed by atoms with E-state index in [4.69, 9.17) is 9.47 Å². The largest absolute Gasteiger partial charge is 0.505 e. The van der Waals surface area contributed by atoms with Crippen LogP contribution < -0.4 is 14.8 Å². The van der Waals surface area contributed by atoms with Gasteiger partial charge in [-0.15, -0.1) is 20.5 Å². The van der Waals surface area contributed by atoms with Gasteiger partial charge in [-0.3, -0.25) is 9.11 Å². The lowest BCUT2D eigenvalue weighted by molar-refractivity contribution is 0.415. The maximum atomic E-state index is 12.5. The molecule has 0 saturated carbocycles. The number of rotatable bonds is 12. The van der Waals surface area contributed by atoms with E-state index in [0.29, 0.717) is 39.3 Å². The molecule has 4 N–H and O–H groups in total. The van der Waals surface area contributed by atoms with Crippen molar-refractivity contribution in [2.75, 3.05) is 19.5 Å². The van der Waals surface area contributed by atoms with E-state index in [-0.39, 0.29) is 28.3 Å². The Labute approximate surface area is 321 Å². The van der Waals surface area contributed by atoms with Crippen molar-refractivity contribution in [3.8, 4) is 17.2 Å². The van der Waals surface area contributed by atoms with Gasteiger partial charge in [-0.2, -0.15) is 27.1 Å². The topological polar surface area (TPSA) is 234 Å². The van der Waals surface area contributed by atoms with E-state index in [9.17, 15) is 31.0 Å². The van der Waals surface area contributed by atoms with Gasteiger partial charge in [0.2, 0.25) is 0 Å². The molecular formula is C38H33N7O9S2. The van der Waals surface area contributed by atoms with E-state index < -0.39 is 41.5 Å². The highest BCUT2D eigenvalue weighted by Gasteiger charge is 2.23. The molecule has 0 spiro atoms. The van der Waals surface area contributed by atoms with Gasteiger partial charge in [-0.1, -0.05) is 30.3 Å². The molecule has 6 aromatic rings. The number of hydrogen-bond donors (Lipinski definition) is 4. The zero-order valence-corrected chi connectivity index (χ0v) is 31.7. The molecule has 0 aliphatic rings. The summed E-state index contributed by atoms with van der Waals surface area (Å²) in [6, 6.07) is 27.3. The van der Waals surface area contributed by atoms with Crippen LogP contribution in [-0.4, -0.2) is 45.3 Å². The number of phenolic OH excluding ortho intramolecular Hbond substituents is 1. The Morgan fingerprint density at radius 3 is 1.62 bits per heavy atom. The second kappa shape index (κ2) is 16.0. The van der Waals surface area contributed by atoms with Gasteiger partial charge in [0, 0.05) is 28.9 Å². The van der Waals surface area contributed by atoms with Crippen molar-refractivity contribution < 1.29 is 40.5 Å². The van der Waals surface area contributed by atoms with Crippen LogP contribution in [0, 0.1) is 13.8 Å². The number of hydrogen-bond acceptors (Lipinski definition) is 14. The van der Waals surface area contributed by atoms with Crippen molar-refractivity contribution in [2.45, 2.75) is 23.6 Å². The predicted molar refractivity (Wildman–Crippen MR) is 209 cm³/mol. The van der Waals surface area contributed by atoms with E-state index in [1.54, 1.807) is 56.3 Å². The quantitative estimate of drug-likeness (QED) is 0.0675. The molecule has 0 bridgehead atoms. The summed E-state index contributed by atoms with van der Waals surface area (Å²) >= 11 is 0. The number of fused-ring (bicyclic) bond motifs is 1. The summed E-state index contributed by atoms with van der Waals surface area (Å²) in [7, 11) is -6.58. The van der Waals surface area contributed by atoms with Gasteiger partial charge in [0.1, 0.15) is 44.0 Å². The van der Waals surface area contributed by atoms with E-state index >= 15 is 0 Å². The van der Waals surface area contributed by atoms with Crippen molar-refractivity contribution in [3.63, 3.8) is 0 Å².